The van der Waals surface area contributed by atoms with E-state index in [4.69, 9.17) is 33.8 Å². The highest BCUT2D eigenvalue weighted by atomic mass is 35.5. The number of aliphatic carboxylic acids is 1. The number of carboxylic acids is 1. The largest absolute Gasteiger partial charge is 0.505 e. The standard InChI is InChI=1S/C22H18Cl2N4O6S/c23-13-6-10(7-14(24)18(13)29)15(25)19(30)27-16-20(31)28-17(22(32)33)11(9-35-21(16)28)8-26-34-12-4-2-1-3-5-12/h1-8,15-16,21,29H,9,25H2,(H,27,30)(H,32,33)/t15?,16-,21-/m1/s1. The second-order valence-electron chi connectivity index (χ2n) is 7.52. The second kappa shape index (κ2) is 10.2. The van der Waals surface area contributed by atoms with Crippen LogP contribution in [0.4, 0.5) is 0 Å². The summed E-state index contributed by atoms with van der Waals surface area (Å²) in [5, 5.41) is 25.0. The fraction of sp³-hybridized carbons (Fsp3) is 0.182. The number of oxime groups is 1. The predicted octanol–water partition coefficient (Wildman–Crippen LogP) is 2.50. The molecule has 1 saturated heterocycles. The molecule has 2 heterocycles. The van der Waals surface area contributed by atoms with Crippen LogP contribution in [0, 0.1) is 0 Å². The smallest absolute Gasteiger partial charge is 0.353 e. The van der Waals surface area contributed by atoms with Crippen molar-refractivity contribution in [2.75, 3.05) is 5.75 Å². The summed E-state index contributed by atoms with van der Waals surface area (Å²) in [6.07, 6.45) is 1.26. The van der Waals surface area contributed by atoms with Gasteiger partial charge in [0.05, 0.1) is 16.3 Å². The molecule has 2 aromatic carbocycles. The maximum absolute atomic E-state index is 12.8. The number of benzene rings is 2. The number of halogens is 2. The first kappa shape index (κ1) is 24.9. The number of nitrogens with zero attached hydrogens (tertiary/aromatic N) is 2. The number of nitrogens with one attached hydrogen (secondary N) is 1. The van der Waals surface area contributed by atoms with Crippen molar-refractivity contribution in [3.8, 4) is 11.5 Å². The van der Waals surface area contributed by atoms with Crippen molar-refractivity contribution in [2.24, 2.45) is 10.9 Å². The lowest BCUT2D eigenvalue weighted by molar-refractivity contribution is -0.150. The molecule has 4 rings (SSSR count). The number of carboxylic acid groups (broad SMARTS) is 1. The minimum absolute atomic E-state index is 0.0776. The molecule has 182 valence electrons. The number of β-lactam (4-membered cyclic amide) rings is 1. The Bertz CT molecular complexity index is 1230. The number of aromatic hydroxyl groups is 1. The maximum Gasteiger partial charge on any atom is 0.353 e. The molecule has 35 heavy (non-hydrogen) atoms. The van der Waals surface area contributed by atoms with Gasteiger partial charge in [-0.1, -0.05) is 46.6 Å². The lowest BCUT2D eigenvalue weighted by atomic mass is 10.0. The van der Waals surface area contributed by atoms with Crippen molar-refractivity contribution in [3.05, 3.63) is 69.3 Å². The minimum atomic E-state index is -1.31. The Balaban J connectivity index is 1.47. The van der Waals surface area contributed by atoms with E-state index < -0.39 is 35.2 Å². The van der Waals surface area contributed by atoms with E-state index in [1.807, 2.05) is 6.07 Å². The zero-order chi connectivity index (χ0) is 25.3. The number of nitrogens with two attached hydrogens (primary N) is 1. The lowest BCUT2D eigenvalue weighted by Gasteiger charge is -2.49. The van der Waals surface area contributed by atoms with E-state index in [2.05, 4.69) is 10.5 Å². The molecule has 2 amide bonds. The number of thioether (sulfide) groups is 1. The Morgan fingerprint density at radius 2 is 1.91 bits per heavy atom. The highest BCUT2D eigenvalue weighted by molar-refractivity contribution is 8.00. The molecule has 13 heteroatoms. The summed E-state index contributed by atoms with van der Waals surface area (Å²) < 4.78 is 0. The molecule has 2 aliphatic rings. The Labute approximate surface area is 213 Å². The Kier molecular flexibility index (Phi) is 7.22. The van der Waals surface area contributed by atoms with Gasteiger partial charge in [-0.2, -0.15) is 0 Å². The first-order valence-electron chi connectivity index (χ1n) is 10.1. The monoisotopic (exact) mass is 536 g/mol. The lowest BCUT2D eigenvalue weighted by Crippen LogP contribution is -2.71. The molecular weight excluding hydrogens is 519 g/mol. The third-order valence-corrected chi connectivity index (χ3v) is 7.17. The topological polar surface area (TPSA) is 155 Å². The molecule has 0 spiro atoms. The summed E-state index contributed by atoms with van der Waals surface area (Å²) in [7, 11) is 0. The number of phenolic OH excluding ortho intramolecular Hbond substituents is 1. The first-order chi connectivity index (χ1) is 16.7. The van der Waals surface area contributed by atoms with Gasteiger partial charge in [-0.05, 0) is 29.8 Å². The number of carbonyl (C=O) groups is 3. The van der Waals surface area contributed by atoms with Crippen molar-refractivity contribution in [2.45, 2.75) is 17.5 Å². The first-order valence-corrected chi connectivity index (χ1v) is 11.9. The molecule has 2 aliphatic heterocycles. The van der Waals surface area contributed by atoms with E-state index in [0.29, 0.717) is 5.75 Å². The molecule has 0 aliphatic carbocycles. The van der Waals surface area contributed by atoms with E-state index in [1.54, 1.807) is 24.3 Å². The van der Waals surface area contributed by atoms with Gasteiger partial charge in [-0.3, -0.25) is 14.5 Å². The van der Waals surface area contributed by atoms with Crippen molar-refractivity contribution < 1.29 is 29.4 Å². The summed E-state index contributed by atoms with van der Waals surface area (Å²) in [6.45, 7) is 0. The number of phenols is 1. The van der Waals surface area contributed by atoms with E-state index >= 15 is 0 Å². The highest BCUT2D eigenvalue weighted by Gasteiger charge is 2.54. The van der Waals surface area contributed by atoms with Crippen LogP contribution in [0.5, 0.6) is 11.5 Å². The normalized spacial score (nSPS) is 20.3. The van der Waals surface area contributed by atoms with E-state index in [9.17, 15) is 24.6 Å². The fourth-order valence-corrected chi connectivity index (χ4v) is 5.33. The molecule has 2 aromatic rings. The van der Waals surface area contributed by atoms with Crippen LogP contribution in [0.25, 0.3) is 0 Å². The van der Waals surface area contributed by atoms with Gasteiger partial charge in [0.25, 0.3) is 5.91 Å². The molecule has 1 unspecified atom stereocenters. The average molecular weight is 537 g/mol. The van der Waals surface area contributed by atoms with Crippen LogP contribution in [-0.4, -0.2) is 56.3 Å². The number of fused-ring (bicyclic) bond motifs is 1. The predicted molar refractivity (Wildman–Crippen MR) is 130 cm³/mol. The van der Waals surface area contributed by atoms with Gasteiger partial charge in [0.1, 0.15) is 23.2 Å². The van der Waals surface area contributed by atoms with Crippen LogP contribution in [0.2, 0.25) is 10.0 Å². The number of rotatable bonds is 7. The van der Waals surface area contributed by atoms with Gasteiger partial charge < -0.3 is 26.1 Å². The van der Waals surface area contributed by atoms with Crippen molar-refractivity contribution in [1.82, 2.24) is 10.2 Å². The number of para-hydroxylation sites is 1. The molecule has 5 N–H and O–H groups in total. The van der Waals surface area contributed by atoms with Gasteiger partial charge in [-0.25, -0.2) is 4.79 Å². The molecule has 0 bridgehead atoms. The fourth-order valence-electron chi connectivity index (χ4n) is 3.53. The summed E-state index contributed by atoms with van der Waals surface area (Å²) in [4.78, 5) is 43.8. The third kappa shape index (κ3) is 4.94. The van der Waals surface area contributed by atoms with Crippen LogP contribution < -0.4 is 15.9 Å². The summed E-state index contributed by atoms with van der Waals surface area (Å²) in [5.41, 5.74) is 6.28. The molecule has 0 radical (unpaired) electrons. The summed E-state index contributed by atoms with van der Waals surface area (Å²) in [6, 6.07) is 9.10. The van der Waals surface area contributed by atoms with Crippen molar-refractivity contribution >= 4 is 59.0 Å². The zero-order valence-corrected chi connectivity index (χ0v) is 20.0. The quantitative estimate of drug-likeness (QED) is 0.239. The number of carbonyl (C=O) groups excluding carboxylic acids is 2. The van der Waals surface area contributed by atoms with Crippen LogP contribution in [-0.2, 0) is 14.4 Å². The Morgan fingerprint density at radius 3 is 2.54 bits per heavy atom. The van der Waals surface area contributed by atoms with E-state index in [0.717, 1.165) is 4.90 Å². The molecule has 0 saturated carbocycles. The molecule has 3 atom stereocenters. The van der Waals surface area contributed by atoms with Crippen LogP contribution in [0.3, 0.4) is 0 Å². The maximum atomic E-state index is 12.8. The summed E-state index contributed by atoms with van der Waals surface area (Å²) >= 11 is 13.0. The molecule has 1 fully saturated rings. The van der Waals surface area contributed by atoms with Gasteiger partial charge in [0.15, 0.2) is 11.5 Å². The Morgan fingerprint density at radius 1 is 1.26 bits per heavy atom. The van der Waals surface area contributed by atoms with Gasteiger partial charge in [-0.15, -0.1) is 11.8 Å². The zero-order valence-electron chi connectivity index (χ0n) is 17.7. The van der Waals surface area contributed by atoms with Gasteiger partial charge >= 0.3 is 5.97 Å². The molecular formula is C22H18Cl2N4O6S. The van der Waals surface area contributed by atoms with Crippen LogP contribution in [0.15, 0.2) is 58.9 Å². The number of amides is 2. The van der Waals surface area contributed by atoms with Crippen LogP contribution in [0.1, 0.15) is 11.6 Å². The second-order valence-corrected chi connectivity index (χ2v) is 9.44. The van der Waals surface area contributed by atoms with Crippen molar-refractivity contribution in [1.29, 1.82) is 0 Å². The third-order valence-electron chi connectivity index (χ3n) is 5.29. The minimum Gasteiger partial charge on any atom is -0.505 e. The highest BCUT2D eigenvalue weighted by Crippen LogP contribution is 2.40. The number of hydrogen-bond acceptors (Lipinski definition) is 8. The number of hydrogen-bond donors (Lipinski definition) is 4. The van der Waals surface area contributed by atoms with E-state index in [-0.39, 0.29) is 38.4 Å². The van der Waals surface area contributed by atoms with Crippen LogP contribution >= 0.6 is 35.0 Å². The van der Waals surface area contributed by atoms with Crippen molar-refractivity contribution in [3.63, 3.8) is 0 Å². The van der Waals surface area contributed by atoms with Gasteiger partial charge in [0.2, 0.25) is 5.91 Å². The summed E-state index contributed by atoms with van der Waals surface area (Å²) in [5.74, 6) is -2.24. The van der Waals surface area contributed by atoms with Gasteiger partial charge in [0, 0.05) is 11.3 Å². The Hall–Kier alpha value is -3.25. The molecule has 10 nitrogen and oxygen atoms in total. The SMILES string of the molecule is NC(C(=O)N[C@@H]1C(=O)N2C(C(=O)O)=C(C=NOc3ccccc3)CS[C@H]12)c1cc(Cl)c(O)c(Cl)c1. The molecule has 0 aromatic heterocycles. The average Bonchev–Trinajstić information content (AvgIpc) is 2.84. The van der Waals surface area contributed by atoms with E-state index in [1.165, 1.54) is 30.1 Å².